The molecule has 6 rings (SSSR count). The minimum Gasteiger partial charge on any atom is -0.369 e. The van der Waals surface area contributed by atoms with Gasteiger partial charge in [-0.05, 0) is 67.5 Å². The molecule has 5 nitrogen and oxygen atoms in total. The summed E-state index contributed by atoms with van der Waals surface area (Å²) in [5, 5.41) is 15.5. The topological polar surface area (TPSA) is 57.2 Å². The molecule has 2 aliphatic rings. The fraction of sp³-hybridized carbons (Fsp3) is 0.346. The lowest BCUT2D eigenvalue weighted by Crippen LogP contribution is -2.48. The molecule has 2 bridgehead atoms. The summed E-state index contributed by atoms with van der Waals surface area (Å²) in [4.78, 5) is 7.15. The molecule has 31 heavy (non-hydrogen) atoms. The van der Waals surface area contributed by atoms with Crippen LogP contribution in [0.15, 0.2) is 54.9 Å². The van der Waals surface area contributed by atoms with Crippen LogP contribution in [0.3, 0.4) is 0 Å². The maximum atomic E-state index is 9.70. The van der Waals surface area contributed by atoms with Crippen LogP contribution in [0.4, 0.5) is 5.69 Å². The minimum atomic E-state index is 0.213. The second-order valence-electron chi connectivity index (χ2n) is 9.12. The van der Waals surface area contributed by atoms with Crippen LogP contribution in [0.25, 0.3) is 27.5 Å². The van der Waals surface area contributed by atoms with E-state index in [1.807, 2.05) is 23.8 Å². The van der Waals surface area contributed by atoms with Crippen molar-refractivity contribution in [3.63, 3.8) is 0 Å². The number of aryl methyl sites for hydroxylation is 1. The van der Waals surface area contributed by atoms with Crippen molar-refractivity contribution in [2.45, 2.75) is 26.2 Å². The Morgan fingerprint density at radius 3 is 2.71 bits per heavy atom. The Morgan fingerprint density at radius 2 is 1.90 bits per heavy atom. The molecule has 2 atom stereocenters. The number of fused-ring (bicyclic) bond motifs is 4. The number of anilines is 1. The van der Waals surface area contributed by atoms with Crippen LogP contribution in [0.2, 0.25) is 0 Å². The second-order valence-corrected chi connectivity index (χ2v) is 9.12. The molecule has 1 aromatic carbocycles. The summed E-state index contributed by atoms with van der Waals surface area (Å²) in [6.07, 6.45) is 7.59. The zero-order chi connectivity index (χ0) is 20.9. The van der Waals surface area contributed by atoms with Crippen molar-refractivity contribution in [3.8, 4) is 17.2 Å². The molecule has 3 aromatic heterocycles. The first-order chi connectivity index (χ1) is 15.2. The van der Waals surface area contributed by atoms with E-state index in [4.69, 9.17) is 0 Å². The number of benzene rings is 1. The van der Waals surface area contributed by atoms with Crippen LogP contribution >= 0.6 is 0 Å². The van der Waals surface area contributed by atoms with Crippen LogP contribution < -0.4 is 4.90 Å². The van der Waals surface area contributed by atoms with Gasteiger partial charge in [-0.25, -0.2) is 4.52 Å². The second kappa shape index (κ2) is 7.09. The molecule has 0 N–H and O–H groups in total. The van der Waals surface area contributed by atoms with Gasteiger partial charge in [-0.1, -0.05) is 18.6 Å². The average Bonchev–Trinajstić information content (AvgIpc) is 3.22. The Balaban J connectivity index is 1.46. The van der Waals surface area contributed by atoms with Gasteiger partial charge in [0.15, 0.2) is 0 Å². The number of nitriles is 1. The maximum Gasteiger partial charge on any atom is 0.0973 e. The molecule has 154 valence electrons. The summed E-state index contributed by atoms with van der Waals surface area (Å²) in [5.41, 5.74) is 6.73. The Hall–Kier alpha value is -3.39. The highest BCUT2D eigenvalue weighted by atomic mass is 15.2. The molecule has 2 unspecified atom stereocenters. The molecule has 1 saturated carbocycles. The molecule has 1 saturated heterocycles. The first-order valence-corrected chi connectivity index (χ1v) is 11.2. The van der Waals surface area contributed by atoms with E-state index in [9.17, 15) is 5.26 Å². The molecule has 1 aliphatic carbocycles. The fourth-order valence-electron chi connectivity index (χ4n) is 5.73. The molecule has 0 amide bonds. The summed E-state index contributed by atoms with van der Waals surface area (Å²) in [7, 11) is 0. The van der Waals surface area contributed by atoms with E-state index in [2.05, 4.69) is 63.5 Å². The van der Waals surface area contributed by atoms with Gasteiger partial charge in [-0.2, -0.15) is 10.4 Å². The highest BCUT2D eigenvalue weighted by Crippen LogP contribution is 2.42. The molecule has 4 aromatic rings. The van der Waals surface area contributed by atoms with Crippen molar-refractivity contribution in [1.29, 1.82) is 5.26 Å². The first kappa shape index (κ1) is 18.4. The molecule has 5 heteroatoms. The SMILES string of the molecule is Cc1ccc2cc(-c3cnn4cccc(N5CC6CCCC(C5)C6C#N)c34)ccc2n1. The van der Waals surface area contributed by atoms with E-state index in [0.29, 0.717) is 11.8 Å². The summed E-state index contributed by atoms with van der Waals surface area (Å²) < 4.78 is 1.99. The minimum absolute atomic E-state index is 0.213. The first-order valence-electron chi connectivity index (χ1n) is 11.2. The quantitative estimate of drug-likeness (QED) is 0.456. The van der Waals surface area contributed by atoms with Gasteiger partial charge in [0, 0.05) is 35.9 Å². The highest BCUT2D eigenvalue weighted by Gasteiger charge is 2.40. The van der Waals surface area contributed by atoms with E-state index in [1.54, 1.807) is 0 Å². The number of hydrogen-bond acceptors (Lipinski definition) is 4. The maximum absolute atomic E-state index is 9.70. The van der Waals surface area contributed by atoms with E-state index < -0.39 is 0 Å². The molecule has 2 fully saturated rings. The number of pyridine rings is 2. The van der Waals surface area contributed by atoms with E-state index >= 15 is 0 Å². The number of hydrogen-bond donors (Lipinski definition) is 0. The summed E-state index contributed by atoms with van der Waals surface area (Å²) in [6, 6.07) is 17.6. The largest absolute Gasteiger partial charge is 0.369 e. The number of rotatable bonds is 2. The van der Waals surface area contributed by atoms with Crippen LogP contribution in [0.5, 0.6) is 0 Å². The van der Waals surface area contributed by atoms with Crippen LogP contribution in [-0.2, 0) is 0 Å². The van der Waals surface area contributed by atoms with Gasteiger partial charge < -0.3 is 4.90 Å². The van der Waals surface area contributed by atoms with Crippen molar-refractivity contribution >= 4 is 22.1 Å². The smallest absolute Gasteiger partial charge is 0.0973 e. The lowest BCUT2D eigenvalue weighted by atomic mass is 9.69. The zero-order valence-corrected chi connectivity index (χ0v) is 17.7. The third-order valence-corrected chi connectivity index (χ3v) is 7.22. The Bertz CT molecular complexity index is 1320. The number of piperidine rings is 1. The van der Waals surface area contributed by atoms with Crippen LogP contribution in [0.1, 0.15) is 25.0 Å². The van der Waals surface area contributed by atoms with Gasteiger partial charge in [0.1, 0.15) is 0 Å². The molecular weight excluding hydrogens is 382 g/mol. The molecule has 0 spiro atoms. The van der Waals surface area contributed by atoms with E-state index in [1.165, 1.54) is 12.1 Å². The highest BCUT2D eigenvalue weighted by molar-refractivity contribution is 5.93. The number of nitrogens with zero attached hydrogens (tertiary/aromatic N) is 5. The Morgan fingerprint density at radius 1 is 1.06 bits per heavy atom. The van der Waals surface area contributed by atoms with Gasteiger partial charge >= 0.3 is 0 Å². The van der Waals surface area contributed by atoms with Crippen molar-refractivity contribution in [3.05, 3.63) is 60.6 Å². The predicted octanol–water partition coefficient (Wildman–Crippen LogP) is 5.23. The summed E-state index contributed by atoms with van der Waals surface area (Å²) in [6.45, 7) is 3.94. The van der Waals surface area contributed by atoms with Gasteiger partial charge in [-0.15, -0.1) is 0 Å². The monoisotopic (exact) mass is 407 g/mol. The van der Waals surface area contributed by atoms with Gasteiger partial charge in [0.05, 0.1) is 34.9 Å². The van der Waals surface area contributed by atoms with Crippen LogP contribution in [0, 0.1) is 36.0 Å². The van der Waals surface area contributed by atoms with Gasteiger partial charge in [0.25, 0.3) is 0 Å². The zero-order valence-electron chi connectivity index (χ0n) is 17.7. The third-order valence-electron chi connectivity index (χ3n) is 7.22. The van der Waals surface area contributed by atoms with E-state index in [-0.39, 0.29) is 5.92 Å². The predicted molar refractivity (Wildman–Crippen MR) is 123 cm³/mol. The standard InChI is InChI=1S/C26H25N5/c1-17-7-8-19-12-18(9-10-24(19)29-17)23-14-28-31-11-3-6-25(26(23)31)30-15-20-4-2-5-21(16-30)22(20)13-27/h3,6-12,14,20-22H,2,4-5,15-16H2,1H3. The third kappa shape index (κ3) is 2.97. The van der Waals surface area contributed by atoms with Crippen molar-refractivity contribution in [1.82, 2.24) is 14.6 Å². The van der Waals surface area contributed by atoms with Gasteiger partial charge in [-0.3, -0.25) is 4.98 Å². The Kier molecular flexibility index (Phi) is 4.21. The van der Waals surface area contributed by atoms with Crippen molar-refractivity contribution in [2.75, 3.05) is 18.0 Å². The summed E-state index contributed by atoms with van der Waals surface area (Å²) in [5.74, 6) is 1.16. The van der Waals surface area contributed by atoms with E-state index in [0.717, 1.165) is 59.2 Å². The molecule has 4 heterocycles. The van der Waals surface area contributed by atoms with Gasteiger partial charge in [0.2, 0.25) is 0 Å². The molecular formula is C26H25N5. The average molecular weight is 408 g/mol. The molecule has 1 aliphatic heterocycles. The lowest BCUT2D eigenvalue weighted by molar-refractivity contribution is 0.171. The number of aromatic nitrogens is 3. The lowest BCUT2D eigenvalue weighted by Gasteiger charge is -2.45. The summed E-state index contributed by atoms with van der Waals surface area (Å²) >= 11 is 0. The normalized spacial score (nSPS) is 23.2. The van der Waals surface area contributed by atoms with Crippen molar-refractivity contribution in [2.24, 2.45) is 17.8 Å². The fourth-order valence-corrected chi connectivity index (χ4v) is 5.73. The van der Waals surface area contributed by atoms with Crippen molar-refractivity contribution < 1.29 is 0 Å². The Labute approximate surface area is 181 Å². The molecule has 0 radical (unpaired) electrons. The van der Waals surface area contributed by atoms with Crippen LogP contribution in [-0.4, -0.2) is 27.7 Å².